The Morgan fingerprint density at radius 1 is 1.33 bits per heavy atom. The molecule has 0 saturated heterocycles. The van der Waals surface area contributed by atoms with Crippen LogP contribution in [0.15, 0.2) is 24.3 Å². The maximum atomic E-state index is 9.15. The average molecular weight is 166 g/mol. The van der Waals surface area contributed by atoms with Gasteiger partial charge in [-0.2, -0.15) is 0 Å². The highest BCUT2D eigenvalue weighted by molar-refractivity contribution is 5.29. The molecule has 1 aromatic carbocycles. The van der Waals surface area contributed by atoms with Crippen molar-refractivity contribution in [3.05, 3.63) is 29.8 Å². The summed E-state index contributed by atoms with van der Waals surface area (Å²) < 4.78 is 0. The molecule has 0 aliphatic heterocycles. The van der Waals surface area contributed by atoms with E-state index in [2.05, 4.69) is 0 Å². The summed E-state index contributed by atoms with van der Waals surface area (Å²) in [6, 6.07) is 6.54. The van der Waals surface area contributed by atoms with Crippen LogP contribution in [0.1, 0.15) is 18.5 Å². The zero-order chi connectivity index (χ0) is 9.14. The molecule has 0 saturated carbocycles. The predicted octanol–water partition coefficient (Wildman–Crippen LogP) is 0.739. The second-order valence-corrected chi connectivity index (χ2v) is 2.98. The standard InChI is InChI=1S/C9H14N2O/c1-6(10)9(11)7-3-2-4-8(12)5-7/h2-6,9,12H,10-11H2,1H3. The highest BCUT2D eigenvalue weighted by Gasteiger charge is 2.10. The molecule has 0 radical (unpaired) electrons. The van der Waals surface area contributed by atoms with Gasteiger partial charge in [-0.3, -0.25) is 0 Å². The monoisotopic (exact) mass is 166 g/mol. The number of benzene rings is 1. The van der Waals surface area contributed by atoms with Crippen molar-refractivity contribution in [3.8, 4) is 5.75 Å². The second kappa shape index (κ2) is 3.56. The van der Waals surface area contributed by atoms with E-state index in [1.54, 1.807) is 18.2 Å². The SMILES string of the molecule is CC(N)C(N)c1cccc(O)c1. The maximum Gasteiger partial charge on any atom is 0.115 e. The molecule has 2 atom stereocenters. The summed E-state index contributed by atoms with van der Waals surface area (Å²) >= 11 is 0. The van der Waals surface area contributed by atoms with Crippen LogP contribution in [0.3, 0.4) is 0 Å². The Hall–Kier alpha value is -1.06. The number of rotatable bonds is 2. The molecule has 0 aliphatic carbocycles. The van der Waals surface area contributed by atoms with Gasteiger partial charge in [0.05, 0.1) is 0 Å². The van der Waals surface area contributed by atoms with Crippen LogP contribution in [-0.4, -0.2) is 11.1 Å². The van der Waals surface area contributed by atoms with Crippen LogP contribution in [-0.2, 0) is 0 Å². The van der Waals surface area contributed by atoms with Crippen molar-refractivity contribution in [1.29, 1.82) is 0 Å². The van der Waals surface area contributed by atoms with Crippen LogP contribution in [0.4, 0.5) is 0 Å². The van der Waals surface area contributed by atoms with Gasteiger partial charge < -0.3 is 16.6 Å². The van der Waals surface area contributed by atoms with Crippen molar-refractivity contribution in [1.82, 2.24) is 0 Å². The van der Waals surface area contributed by atoms with Crippen molar-refractivity contribution in [3.63, 3.8) is 0 Å². The number of hydrogen-bond donors (Lipinski definition) is 3. The normalized spacial score (nSPS) is 15.6. The highest BCUT2D eigenvalue weighted by Crippen LogP contribution is 2.17. The molecular formula is C9H14N2O. The van der Waals surface area contributed by atoms with Gasteiger partial charge >= 0.3 is 0 Å². The number of nitrogens with two attached hydrogens (primary N) is 2. The molecule has 0 aliphatic rings. The van der Waals surface area contributed by atoms with Crippen molar-refractivity contribution in [2.24, 2.45) is 11.5 Å². The molecule has 1 aromatic rings. The van der Waals surface area contributed by atoms with Crippen molar-refractivity contribution in [2.75, 3.05) is 0 Å². The number of aromatic hydroxyl groups is 1. The molecule has 0 fully saturated rings. The van der Waals surface area contributed by atoms with E-state index in [9.17, 15) is 0 Å². The third kappa shape index (κ3) is 1.96. The van der Waals surface area contributed by atoms with E-state index in [-0.39, 0.29) is 17.8 Å². The summed E-state index contributed by atoms with van der Waals surface area (Å²) in [5, 5.41) is 9.15. The lowest BCUT2D eigenvalue weighted by Gasteiger charge is -2.15. The van der Waals surface area contributed by atoms with Gasteiger partial charge in [-0.15, -0.1) is 0 Å². The molecule has 3 heteroatoms. The molecule has 66 valence electrons. The molecule has 0 aromatic heterocycles. The van der Waals surface area contributed by atoms with Crippen molar-refractivity contribution < 1.29 is 5.11 Å². The fraction of sp³-hybridized carbons (Fsp3) is 0.333. The van der Waals surface area contributed by atoms with Crippen molar-refractivity contribution in [2.45, 2.75) is 19.0 Å². The smallest absolute Gasteiger partial charge is 0.115 e. The van der Waals surface area contributed by atoms with E-state index < -0.39 is 0 Å². The lowest BCUT2D eigenvalue weighted by Crippen LogP contribution is -2.30. The maximum absolute atomic E-state index is 9.15. The van der Waals surface area contributed by atoms with E-state index >= 15 is 0 Å². The van der Waals surface area contributed by atoms with E-state index in [1.165, 1.54) is 0 Å². The van der Waals surface area contributed by atoms with Gasteiger partial charge in [0.25, 0.3) is 0 Å². The second-order valence-electron chi connectivity index (χ2n) is 2.98. The van der Waals surface area contributed by atoms with Crippen LogP contribution in [0, 0.1) is 0 Å². The zero-order valence-electron chi connectivity index (χ0n) is 7.07. The summed E-state index contributed by atoms with van der Waals surface area (Å²) in [6.07, 6.45) is 0. The molecular weight excluding hydrogens is 152 g/mol. The van der Waals surface area contributed by atoms with Crippen LogP contribution in [0.5, 0.6) is 5.75 Å². The summed E-state index contributed by atoms with van der Waals surface area (Å²) in [7, 11) is 0. The van der Waals surface area contributed by atoms with Gasteiger partial charge in [0.2, 0.25) is 0 Å². The first-order valence-corrected chi connectivity index (χ1v) is 3.91. The average Bonchev–Trinajstić information content (AvgIpc) is 2.03. The molecule has 12 heavy (non-hydrogen) atoms. The molecule has 0 amide bonds. The first-order valence-electron chi connectivity index (χ1n) is 3.91. The minimum absolute atomic E-state index is 0.105. The van der Waals surface area contributed by atoms with Crippen LogP contribution in [0.2, 0.25) is 0 Å². The fourth-order valence-electron chi connectivity index (χ4n) is 1.04. The Morgan fingerprint density at radius 2 is 2.00 bits per heavy atom. The molecule has 0 spiro atoms. The molecule has 3 nitrogen and oxygen atoms in total. The number of phenolic OH excluding ortho intramolecular Hbond substituents is 1. The molecule has 0 bridgehead atoms. The van der Waals surface area contributed by atoms with E-state index in [0.717, 1.165) is 5.56 Å². The molecule has 5 N–H and O–H groups in total. The van der Waals surface area contributed by atoms with Gasteiger partial charge in [0.15, 0.2) is 0 Å². The van der Waals surface area contributed by atoms with Crippen LogP contribution >= 0.6 is 0 Å². The summed E-state index contributed by atoms with van der Waals surface area (Å²) in [6.45, 7) is 1.84. The van der Waals surface area contributed by atoms with Gasteiger partial charge in [0, 0.05) is 12.1 Å². The summed E-state index contributed by atoms with van der Waals surface area (Å²) in [5.74, 6) is 0.226. The number of phenols is 1. The Morgan fingerprint density at radius 3 is 2.50 bits per heavy atom. The van der Waals surface area contributed by atoms with Gasteiger partial charge in [-0.05, 0) is 24.6 Å². The number of hydrogen-bond acceptors (Lipinski definition) is 3. The quantitative estimate of drug-likeness (QED) is 0.606. The lowest BCUT2D eigenvalue weighted by molar-refractivity contribution is 0.472. The van der Waals surface area contributed by atoms with Gasteiger partial charge in [0.1, 0.15) is 5.75 Å². The summed E-state index contributed by atoms with van der Waals surface area (Å²) in [4.78, 5) is 0. The van der Waals surface area contributed by atoms with Crippen LogP contribution < -0.4 is 11.5 Å². The Bertz CT molecular complexity index is 260. The van der Waals surface area contributed by atoms with Gasteiger partial charge in [-0.25, -0.2) is 0 Å². The van der Waals surface area contributed by atoms with E-state index in [1.807, 2.05) is 13.0 Å². The Labute approximate surface area is 72.0 Å². The highest BCUT2D eigenvalue weighted by atomic mass is 16.3. The third-order valence-electron chi connectivity index (χ3n) is 1.82. The van der Waals surface area contributed by atoms with Gasteiger partial charge in [-0.1, -0.05) is 12.1 Å². The minimum atomic E-state index is -0.211. The lowest BCUT2D eigenvalue weighted by atomic mass is 10.0. The van der Waals surface area contributed by atoms with Crippen molar-refractivity contribution >= 4 is 0 Å². The first kappa shape index (κ1) is 9.03. The van der Waals surface area contributed by atoms with E-state index in [4.69, 9.17) is 16.6 Å². The topological polar surface area (TPSA) is 72.3 Å². The Balaban J connectivity index is 2.88. The third-order valence-corrected chi connectivity index (χ3v) is 1.82. The largest absolute Gasteiger partial charge is 0.508 e. The van der Waals surface area contributed by atoms with Crippen LogP contribution in [0.25, 0.3) is 0 Å². The first-order chi connectivity index (χ1) is 5.61. The zero-order valence-corrected chi connectivity index (χ0v) is 7.07. The molecule has 2 unspecified atom stereocenters. The fourth-order valence-corrected chi connectivity index (χ4v) is 1.04. The predicted molar refractivity (Wildman–Crippen MR) is 48.7 cm³/mol. The molecule has 1 rings (SSSR count). The summed E-state index contributed by atoms with van der Waals surface area (Å²) in [5.41, 5.74) is 12.2. The Kier molecular flexibility index (Phi) is 2.68. The molecule has 0 heterocycles. The minimum Gasteiger partial charge on any atom is -0.508 e. The van der Waals surface area contributed by atoms with E-state index in [0.29, 0.717) is 0 Å².